The lowest BCUT2D eigenvalue weighted by atomic mass is 10.3. The Morgan fingerprint density at radius 2 is 2.00 bits per heavy atom. The van der Waals surface area contributed by atoms with Crippen LogP contribution in [0, 0.1) is 0 Å². The molecule has 0 aliphatic carbocycles. The van der Waals surface area contributed by atoms with E-state index in [2.05, 4.69) is 15.3 Å². The zero-order chi connectivity index (χ0) is 13.5. The van der Waals surface area contributed by atoms with Gasteiger partial charge >= 0.3 is 0 Å². The molecule has 8 nitrogen and oxygen atoms in total. The molecule has 0 bridgehead atoms. The zero-order valence-corrected chi connectivity index (χ0v) is 11.1. The summed E-state index contributed by atoms with van der Waals surface area (Å²) < 4.78 is 25.5. The van der Waals surface area contributed by atoms with E-state index in [4.69, 9.17) is 5.14 Å². The molecule has 0 amide bonds. The van der Waals surface area contributed by atoms with Gasteiger partial charge in [0.05, 0.1) is 5.69 Å². The van der Waals surface area contributed by atoms with Crippen molar-refractivity contribution in [3.05, 3.63) is 11.8 Å². The van der Waals surface area contributed by atoms with Crippen LogP contribution in [0.5, 0.6) is 0 Å². The number of aromatic nitrogens is 5. The van der Waals surface area contributed by atoms with Crippen LogP contribution in [0.25, 0.3) is 11.5 Å². The number of nitrogens with zero attached hydrogens (tertiary/aromatic N) is 5. The van der Waals surface area contributed by atoms with E-state index in [0.717, 1.165) is 12.1 Å². The van der Waals surface area contributed by atoms with Gasteiger partial charge in [0, 0.05) is 14.1 Å². The van der Waals surface area contributed by atoms with E-state index in [1.165, 1.54) is 4.57 Å². The molecule has 9 heteroatoms. The van der Waals surface area contributed by atoms with Crippen LogP contribution < -0.4 is 5.14 Å². The maximum Gasteiger partial charge on any atom is 0.273 e. The van der Waals surface area contributed by atoms with Gasteiger partial charge in [-0.25, -0.2) is 13.6 Å². The van der Waals surface area contributed by atoms with Crippen LogP contribution in [0.4, 0.5) is 0 Å². The third-order valence-electron chi connectivity index (χ3n) is 2.61. The number of aryl methyl sites for hydroxylation is 2. The van der Waals surface area contributed by atoms with Gasteiger partial charge < -0.3 is 0 Å². The van der Waals surface area contributed by atoms with Gasteiger partial charge in [-0.2, -0.15) is 5.10 Å². The molecule has 0 atom stereocenters. The molecule has 2 N–H and O–H groups in total. The number of nitrogens with two attached hydrogens (primary N) is 1. The summed E-state index contributed by atoms with van der Waals surface area (Å²) in [6.07, 6.45) is 0.785. The Morgan fingerprint density at radius 3 is 2.44 bits per heavy atom. The van der Waals surface area contributed by atoms with Gasteiger partial charge in [0.15, 0.2) is 5.82 Å². The fourth-order valence-electron chi connectivity index (χ4n) is 1.69. The standard InChI is InChI=1S/C9H14N6O2S/c1-4-6-5-7(15(3)13-6)8-11-12-9(14(8)2)18(10,16)17/h5H,4H2,1-3H3,(H2,10,16,17). The molecular weight excluding hydrogens is 256 g/mol. The predicted octanol–water partition coefficient (Wildman–Crippen LogP) is -0.575. The molecule has 0 saturated heterocycles. The Hall–Kier alpha value is -1.74. The molecule has 0 aromatic carbocycles. The average Bonchev–Trinajstić information content (AvgIpc) is 2.80. The molecule has 2 rings (SSSR count). The highest BCUT2D eigenvalue weighted by Gasteiger charge is 2.21. The first-order valence-electron chi connectivity index (χ1n) is 5.30. The van der Waals surface area contributed by atoms with Crippen molar-refractivity contribution in [3.63, 3.8) is 0 Å². The summed E-state index contributed by atoms with van der Waals surface area (Å²) >= 11 is 0. The Kier molecular flexibility index (Phi) is 2.95. The van der Waals surface area contributed by atoms with E-state index in [1.807, 2.05) is 13.0 Å². The topological polar surface area (TPSA) is 109 Å². The third kappa shape index (κ3) is 2.02. The van der Waals surface area contributed by atoms with E-state index >= 15 is 0 Å². The summed E-state index contributed by atoms with van der Waals surface area (Å²) in [7, 11) is -0.560. The van der Waals surface area contributed by atoms with Crippen LogP contribution in [-0.4, -0.2) is 33.0 Å². The van der Waals surface area contributed by atoms with E-state index in [1.54, 1.807) is 18.8 Å². The van der Waals surface area contributed by atoms with Crippen molar-refractivity contribution in [2.24, 2.45) is 19.2 Å². The largest absolute Gasteiger partial charge is 0.299 e. The normalized spacial score (nSPS) is 12.0. The van der Waals surface area contributed by atoms with Crippen molar-refractivity contribution in [1.29, 1.82) is 0 Å². The van der Waals surface area contributed by atoms with Crippen molar-refractivity contribution in [2.45, 2.75) is 18.5 Å². The molecule has 0 radical (unpaired) electrons. The number of sulfonamides is 1. The SMILES string of the molecule is CCc1cc(-c2nnc(S(N)(=O)=O)n2C)n(C)n1. The van der Waals surface area contributed by atoms with Gasteiger partial charge in [-0.1, -0.05) is 6.92 Å². The second kappa shape index (κ2) is 4.18. The highest BCUT2D eigenvalue weighted by molar-refractivity contribution is 7.89. The third-order valence-corrected chi connectivity index (χ3v) is 3.48. The van der Waals surface area contributed by atoms with Crippen LogP contribution >= 0.6 is 0 Å². The molecule has 2 aromatic rings. The molecule has 2 heterocycles. The number of primary sulfonamides is 1. The van der Waals surface area contributed by atoms with Crippen molar-refractivity contribution in [3.8, 4) is 11.5 Å². The molecule has 0 fully saturated rings. The van der Waals surface area contributed by atoms with Gasteiger partial charge in [-0.15, -0.1) is 10.2 Å². The summed E-state index contributed by atoms with van der Waals surface area (Å²) in [6.45, 7) is 1.98. The summed E-state index contributed by atoms with van der Waals surface area (Å²) in [5.74, 6) is 0.411. The van der Waals surface area contributed by atoms with Crippen LogP contribution in [0.15, 0.2) is 11.2 Å². The van der Waals surface area contributed by atoms with Crippen molar-refractivity contribution >= 4 is 10.0 Å². The highest BCUT2D eigenvalue weighted by Crippen LogP contribution is 2.19. The van der Waals surface area contributed by atoms with E-state index in [0.29, 0.717) is 11.5 Å². The first kappa shape index (κ1) is 12.7. The second-order valence-corrected chi connectivity index (χ2v) is 5.36. The molecule has 0 unspecified atom stereocenters. The van der Waals surface area contributed by atoms with Gasteiger partial charge in [-0.05, 0) is 12.5 Å². The minimum Gasteiger partial charge on any atom is -0.299 e. The minimum atomic E-state index is -3.87. The smallest absolute Gasteiger partial charge is 0.273 e. The highest BCUT2D eigenvalue weighted by atomic mass is 32.2. The lowest BCUT2D eigenvalue weighted by molar-refractivity contribution is 0.580. The maximum atomic E-state index is 11.3. The summed E-state index contributed by atoms with van der Waals surface area (Å²) in [4.78, 5) is 0. The Labute approximate surface area is 104 Å². The summed E-state index contributed by atoms with van der Waals surface area (Å²) in [5, 5.41) is 16.5. The van der Waals surface area contributed by atoms with Gasteiger partial charge in [0.25, 0.3) is 15.2 Å². The van der Waals surface area contributed by atoms with E-state index < -0.39 is 10.0 Å². The molecule has 0 saturated carbocycles. The molecule has 0 aliphatic rings. The summed E-state index contributed by atoms with van der Waals surface area (Å²) in [6, 6.07) is 1.84. The first-order chi connectivity index (χ1) is 8.34. The molecule has 0 spiro atoms. The summed E-state index contributed by atoms with van der Waals surface area (Å²) in [5.41, 5.74) is 1.59. The lowest BCUT2D eigenvalue weighted by Crippen LogP contribution is -2.17. The number of rotatable bonds is 3. The Bertz CT molecular complexity index is 684. The monoisotopic (exact) mass is 270 g/mol. The molecular formula is C9H14N6O2S. The van der Waals surface area contributed by atoms with Gasteiger partial charge in [0.2, 0.25) is 0 Å². The molecule has 98 valence electrons. The number of hydrogen-bond acceptors (Lipinski definition) is 5. The lowest BCUT2D eigenvalue weighted by Gasteiger charge is -2.02. The fourth-order valence-corrected chi connectivity index (χ4v) is 2.32. The van der Waals surface area contributed by atoms with Crippen LogP contribution in [0.2, 0.25) is 0 Å². The van der Waals surface area contributed by atoms with E-state index in [9.17, 15) is 8.42 Å². The average molecular weight is 270 g/mol. The molecule has 0 aliphatic heterocycles. The maximum absolute atomic E-state index is 11.3. The van der Waals surface area contributed by atoms with Crippen LogP contribution in [-0.2, 0) is 30.5 Å². The van der Waals surface area contributed by atoms with Crippen LogP contribution in [0.3, 0.4) is 0 Å². The quantitative estimate of drug-likeness (QED) is 0.803. The van der Waals surface area contributed by atoms with Crippen molar-refractivity contribution < 1.29 is 8.42 Å². The zero-order valence-electron chi connectivity index (χ0n) is 10.3. The number of hydrogen-bond donors (Lipinski definition) is 1. The van der Waals surface area contributed by atoms with Gasteiger partial charge in [0.1, 0.15) is 5.69 Å². The van der Waals surface area contributed by atoms with Crippen molar-refractivity contribution in [1.82, 2.24) is 24.5 Å². The predicted molar refractivity (Wildman–Crippen MR) is 64.0 cm³/mol. The van der Waals surface area contributed by atoms with Crippen LogP contribution in [0.1, 0.15) is 12.6 Å². The van der Waals surface area contributed by atoms with Crippen molar-refractivity contribution in [2.75, 3.05) is 0 Å². The molecule has 2 aromatic heterocycles. The van der Waals surface area contributed by atoms with Gasteiger partial charge in [-0.3, -0.25) is 9.25 Å². The minimum absolute atomic E-state index is 0.267. The first-order valence-corrected chi connectivity index (χ1v) is 6.84. The van der Waals surface area contributed by atoms with E-state index in [-0.39, 0.29) is 5.16 Å². The second-order valence-electron chi connectivity index (χ2n) is 3.91. The molecule has 18 heavy (non-hydrogen) atoms. The Morgan fingerprint density at radius 1 is 1.33 bits per heavy atom. The Balaban J connectivity index is 2.59. The fraction of sp³-hybridized carbons (Fsp3) is 0.444.